The third-order valence-corrected chi connectivity index (χ3v) is 3.35. The maximum atomic E-state index is 11.9. The largest absolute Gasteiger partial charge is 0.480 e. The van der Waals surface area contributed by atoms with Crippen molar-refractivity contribution in [1.82, 2.24) is 10.7 Å². The van der Waals surface area contributed by atoms with Crippen molar-refractivity contribution < 1.29 is 14.3 Å². The number of nitrogens with one attached hydrogen (secondary N) is 2. The molecular weight excluding hydrogens is 330 g/mol. The van der Waals surface area contributed by atoms with Gasteiger partial charge in [0.15, 0.2) is 0 Å². The van der Waals surface area contributed by atoms with E-state index in [0.29, 0.717) is 16.9 Å². The van der Waals surface area contributed by atoms with Crippen LogP contribution in [0.2, 0.25) is 0 Å². The Morgan fingerprint density at radius 3 is 2.65 bits per heavy atom. The normalized spacial score (nSPS) is 10.2. The highest BCUT2D eigenvalue weighted by atomic mass is 16.5. The lowest BCUT2D eigenvalue weighted by Crippen LogP contribution is -2.34. The molecule has 2 aromatic rings. The Morgan fingerprint density at radius 1 is 1.19 bits per heavy atom. The number of benzene rings is 2. The van der Waals surface area contributed by atoms with Crippen LogP contribution in [-0.4, -0.2) is 31.2 Å². The number of amides is 2. The summed E-state index contributed by atoms with van der Waals surface area (Å²) in [7, 11) is 0. The summed E-state index contributed by atoms with van der Waals surface area (Å²) in [6.07, 6.45) is 6.62. The van der Waals surface area contributed by atoms with Gasteiger partial charge in [-0.2, -0.15) is 5.10 Å². The molecule has 26 heavy (non-hydrogen) atoms. The molecule has 2 rings (SSSR count). The van der Waals surface area contributed by atoms with Gasteiger partial charge in [0.1, 0.15) is 12.4 Å². The average Bonchev–Trinajstić information content (AvgIpc) is 2.66. The summed E-state index contributed by atoms with van der Waals surface area (Å²) in [6.45, 7) is 1.89. The maximum Gasteiger partial charge on any atom is 0.259 e. The monoisotopic (exact) mass is 349 g/mol. The molecular formula is C20H19N3O3. The first-order valence-electron chi connectivity index (χ1n) is 7.92. The van der Waals surface area contributed by atoms with E-state index >= 15 is 0 Å². The average molecular weight is 349 g/mol. The van der Waals surface area contributed by atoms with E-state index in [1.807, 2.05) is 31.2 Å². The summed E-state index contributed by atoms with van der Waals surface area (Å²) >= 11 is 0. The van der Waals surface area contributed by atoms with Crippen LogP contribution in [0.5, 0.6) is 5.75 Å². The van der Waals surface area contributed by atoms with Gasteiger partial charge in [0.2, 0.25) is 0 Å². The van der Waals surface area contributed by atoms with E-state index in [0.717, 1.165) is 5.56 Å². The standard InChI is InChI=1S/C20H19N3O3/c1-3-12-26-18-7-5-4-6-17(18)13-22-23-19(24)14-21-20(25)16-10-8-15(2)9-11-16/h1,4-11,13H,12,14H2,2H3,(H,21,25)(H,23,24)/b22-13+. The molecule has 0 aliphatic heterocycles. The molecule has 0 radical (unpaired) electrons. The fourth-order valence-electron chi connectivity index (χ4n) is 2.02. The van der Waals surface area contributed by atoms with Crippen LogP contribution in [0, 0.1) is 19.3 Å². The lowest BCUT2D eigenvalue weighted by Gasteiger charge is -2.06. The highest BCUT2D eigenvalue weighted by Crippen LogP contribution is 2.15. The molecule has 0 aliphatic carbocycles. The summed E-state index contributed by atoms with van der Waals surface area (Å²) < 4.78 is 5.38. The van der Waals surface area contributed by atoms with E-state index in [4.69, 9.17) is 11.2 Å². The molecule has 132 valence electrons. The van der Waals surface area contributed by atoms with Crippen LogP contribution in [0.25, 0.3) is 0 Å². The minimum atomic E-state index is -0.441. The number of carbonyl (C=O) groups excluding carboxylic acids is 2. The third-order valence-electron chi connectivity index (χ3n) is 3.35. The Morgan fingerprint density at radius 2 is 1.92 bits per heavy atom. The van der Waals surface area contributed by atoms with Crippen LogP contribution in [-0.2, 0) is 4.79 Å². The fraction of sp³-hybridized carbons (Fsp3) is 0.150. The molecule has 2 aromatic carbocycles. The van der Waals surface area contributed by atoms with Gasteiger partial charge in [0.05, 0.1) is 12.8 Å². The van der Waals surface area contributed by atoms with Gasteiger partial charge in [-0.25, -0.2) is 5.43 Å². The molecule has 0 aliphatic rings. The van der Waals surface area contributed by atoms with Crippen LogP contribution in [0.3, 0.4) is 0 Å². The van der Waals surface area contributed by atoms with Crippen molar-refractivity contribution in [3.63, 3.8) is 0 Å². The number of ether oxygens (including phenoxy) is 1. The molecule has 0 spiro atoms. The number of aryl methyl sites for hydroxylation is 1. The number of hydrogen-bond donors (Lipinski definition) is 2. The molecule has 6 nitrogen and oxygen atoms in total. The van der Waals surface area contributed by atoms with Crippen molar-refractivity contribution in [1.29, 1.82) is 0 Å². The first kappa shape index (κ1) is 18.7. The minimum Gasteiger partial charge on any atom is -0.480 e. The molecule has 0 unspecified atom stereocenters. The summed E-state index contributed by atoms with van der Waals surface area (Å²) in [5.41, 5.74) is 4.57. The number of rotatable bonds is 7. The zero-order valence-electron chi connectivity index (χ0n) is 14.4. The van der Waals surface area contributed by atoms with Crippen LogP contribution >= 0.6 is 0 Å². The lowest BCUT2D eigenvalue weighted by molar-refractivity contribution is -0.120. The summed E-state index contributed by atoms with van der Waals surface area (Å²) in [6, 6.07) is 14.2. The lowest BCUT2D eigenvalue weighted by atomic mass is 10.1. The Hall–Kier alpha value is -3.59. The van der Waals surface area contributed by atoms with Gasteiger partial charge in [0, 0.05) is 11.1 Å². The minimum absolute atomic E-state index is 0.141. The predicted octanol–water partition coefficient (Wildman–Crippen LogP) is 1.89. The van der Waals surface area contributed by atoms with E-state index in [1.165, 1.54) is 6.21 Å². The quantitative estimate of drug-likeness (QED) is 0.455. The Labute approximate surface area is 152 Å². The first-order valence-corrected chi connectivity index (χ1v) is 7.92. The smallest absolute Gasteiger partial charge is 0.259 e. The van der Waals surface area contributed by atoms with Gasteiger partial charge < -0.3 is 10.1 Å². The van der Waals surface area contributed by atoms with Crippen LogP contribution in [0.1, 0.15) is 21.5 Å². The van der Waals surface area contributed by atoms with E-state index < -0.39 is 5.91 Å². The van der Waals surface area contributed by atoms with Gasteiger partial charge in [0.25, 0.3) is 11.8 Å². The second-order valence-corrected chi connectivity index (χ2v) is 5.37. The summed E-state index contributed by atoms with van der Waals surface area (Å²) in [5.74, 6) is 2.19. The van der Waals surface area contributed by atoms with Crippen molar-refractivity contribution >= 4 is 18.0 Å². The van der Waals surface area contributed by atoms with Crippen molar-refractivity contribution in [3.05, 3.63) is 65.2 Å². The van der Waals surface area contributed by atoms with Gasteiger partial charge in [-0.3, -0.25) is 9.59 Å². The van der Waals surface area contributed by atoms with Gasteiger partial charge in [-0.1, -0.05) is 35.7 Å². The van der Waals surface area contributed by atoms with Crippen LogP contribution in [0.4, 0.5) is 0 Å². The van der Waals surface area contributed by atoms with Crippen molar-refractivity contribution in [3.8, 4) is 18.1 Å². The molecule has 0 saturated carbocycles. The van der Waals surface area contributed by atoms with E-state index in [-0.39, 0.29) is 19.1 Å². The molecule has 2 N–H and O–H groups in total. The topological polar surface area (TPSA) is 79.8 Å². The SMILES string of the molecule is C#CCOc1ccccc1/C=N/NC(=O)CNC(=O)c1ccc(C)cc1. The second-order valence-electron chi connectivity index (χ2n) is 5.37. The number of nitrogens with zero attached hydrogens (tertiary/aromatic N) is 1. The number of carbonyl (C=O) groups is 2. The zero-order valence-corrected chi connectivity index (χ0v) is 14.4. The highest BCUT2D eigenvalue weighted by Gasteiger charge is 2.07. The molecule has 0 fully saturated rings. The molecule has 0 bridgehead atoms. The fourth-order valence-corrected chi connectivity index (χ4v) is 2.02. The molecule has 2 amide bonds. The number of hydrogen-bond acceptors (Lipinski definition) is 4. The molecule has 0 aromatic heterocycles. The van der Waals surface area contributed by atoms with Crippen molar-refractivity contribution in [2.24, 2.45) is 5.10 Å². The van der Waals surface area contributed by atoms with Crippen LogP contribution in [0.15, 0.2) is 53.6 Å². The molecule has 0 saturated heterocycles. The number of hydrazone groups is 1. The van der Waals surface area contributed by atoms with Crippen molar-refractivity contribution in [2.75, 3.05) is 13.2 Å². The van der Waals surface area contributed by atoms with E-state index in [2.05, 4.69) is 21.8 Å². The number of para-hydroxylation sites is 1. The molecule has 0 atom stereocenters. The first-order chi connectivity index (χ1) is 12.6. The molecule has 0 heterocycles. The van der Waals surface area contributed by atoms with Crippen molar-refractivity contribution in [2.45, 2.75) is 6.92 Å². The zero-order chi connectivity index (χ0) is 18.8. The van der Waals surface area contributed by atoms with E-state index in [9.17, 15) is 9.59 Å². The number of terminal acetylenes is 1. The van der Waals surface area contributed by atoms with Crippen LogP contribution < -0.4 is 15.5 Å². The Kier molecular flexibility index (Phi) is 6.95. The predicted molar refractivity (Wildman–Crippen MR) is 100 cm³/mol. The van der Waals surface area contributed by atoms with E-state index in [1.54, 1.807) is 24.3 Å². The Bertz CT molecular complexity index is 836. The summed E-state index contributed by atoms with van der Waals surface area (Å²) in [5, 5.41) is 6.40. The second kappa shape index (κ2) is 9.64. The molecule has 6 heteroatoms. The van der Waals surface area contributed by atoms with Gasteiger partial charge >= 0.3 is 0 Å². The highest BCUT2D eigenvalue weighted by molar-refractivity contribution is 5.96. The Balaban J connectivity index is 1.83. The van der Waals surface area contributed by atoms with Gasteiger partial charge in [-0.05, 0) is 31.2 Å². The van der Waals surface area contributed by atoms with Gasteiger partial charge in [-0.15, -0.1) is 6.42 Å². The summed E-state index contributed by atoms with van der Waals surface area (Å²) in [4.78, 5) is 23.7. The third kappa shape index (κ3) is 5.80. The maximum absolute atomic E-state index is 11.9.